The number of nitriles is 1. The maximum absolute atomic E-state index is 11.3. The van der Waals surface area contributed by atoms with Gasteiger partial charge in [0.1, 0.15) is 0 Å². The van der Waals surface area contributed by atoms with E-state index in [1.165, 1.54) is 13.8 Å². The summed E-state index contributed by atoms with van der Waals surface area (Å²) in [5.41, 5.74) is 1.31. The number of esters is 1. The van der Waals surface area contributed by atoms with Crippen molar-refractivity contribution >= 4 is 11.8 Å². The Balaban J connectivity index is 3.09. The molecule has 0 aliphatic rings. The predicted molar refractivity (Wildman–Crippen MR) is 65.5 cm³/mol. The van der Waals surface area contributed by atoms with Crippen molar-refractivity contribution in [1.82, 2.24) is 0 Å². The Hall–Kier alpha value is -2.41. The van der Waals surface area contributed by atoms with Crippen LogP contribution in [0.3, 0.4) is 0 Å². The van der Waals surface area contributed by atoms with E-state index < -0.39 is 12.1 Å². The summed E-state index contributed by atoms with van der Waals surface area (Å²) in [6.45, 7) is 6.27. The first-order valence-electron chi connectivity index (χ1n) is 5.32. The summed E-state index contributed by atoms with van der Waals surface area (Å²) in [6, 6.07) is 8.46. The van der Waals surface area contributed by atoms with Crippen LogP contribution in [0, 0.1) is 11.3 Å². The molecule has 18 heavy (non-hydrogen) atoms. The second kappa shape index (κ2) is 5.78. The van der Waals surface area contributed by atoms with Gasteiger partial charge in [0.2, 0.25) is 0 Å². The van der Waals surface area contributed by atoms with Crippen LogP contribution in [-0.2, 0) is 14.3 Å². The highest BCUT2D eigenvalue weighted by Crippen LogP contribution is 2.25. The molecule has 0 radical (unpaired) electrons. The summed E-state index contributed by atoms with van der Waals surface area (Å²) in [7, 11) is 0. The number of Topliss-reactive ketones (excluding diaryl/α,β-unsaturated/α-hetero) is 1. The van der Waals surface area contributed by atoms with Crippen LogP contribution in [0.1, 0.15) is 31.1 Å². The van der Waals surface area contributed by atoms with Gasteiger partial charge in [-0.1, -0.05) is 18.7 Å². The molecule has 1 rings (SSSR count). The zero-order valence-electron chi connectivity index (χ0n) is 10.3. The molecule has 1 atom stereocenters. The number of hydrogen-bond acceptors (Lipinski definition) is 4. The smallest absolute Gasteiger partial charge is 0.303 e. The zero-order valence-corrected chi connectivity index (χ0v) is 10.3. The van der Waals surface area contributed by atoms with Crippen molar-refractivity contribution in [2.45, 2.75) is 20.0 Å². The molecule has 0 aromatic heterocycles. The first kappa shape index (κ1) is 13.7. The van der Waals surface area contributed by atoms with E-state index in [1.807, 2.05) is 6.07 Å². The van der Waals surface area contributed by atoms with Gasteiger partial charge in [-0.2, -0.15) is 5.26 Å². The summed E-state index contributed by atoms with van der Waals surface area (Å²) < 4.78 is 5.09. The Bertz CT molecular complexity index is 523. The van der Waals surface area contributed by atoms with Gasteiger partial charge >= 0.3 is 5.97 Å². The standard InChI is InChI=1S/C14H13NO3/c1-9(10(2)16)14(18-11(3)17)13-6-4-12(8-15)5-7-13/h4-7,14H,1H2,2-3H3. The van der Waals surface area contributed by atoms with Crippen molar-refractivity contribution in [1.29, 1.82) is 5.26 Å². The molecule has 0 saturated heterocycles. The summed E-state index contributed by atoms with van der Waals surface area (Å²) in [4.78, 5) is 22.4. The van der Waals surface area contributed by atoms with Gasteiger partial charge in [0.15, 0.2) is 11.9 Å². The van der Waals surface area contributed by atoms with E-state index in [4.69, 9.17) is 10.00 Å². The minimum absolute atomic E-state index is 0.204. The van der Waals surface area contributed by atoms with Crippen LogP contribution >= 0.6 is 0 Å². The molecule has 1 unspecified atom stereocenters. The largest absolute Gasteiger partial charge is 0.453 e. The van der Waals surface area contributed by atoms with Crippen LogP contribution in [0.5, 0.6) is 0 Å². The highest BCUT2D eigenvalue weighted by atomic mass is 16.5. The number of ether oxygens (including phenoxy) is 1. The monoisotopic (exact) mass is 243 g/mol. The zero-order chi connectivity index (χ0) is 13.7. The minimum atomic E-state index is -0.798. The molecule has 0 heterocycles. The first-order valence-corrected chi connectivity index (χ1v) is 5.32. The lowest BCUT2D eigenvalue weighted by atomic mass is 9.99. The highest BCUT2D eigenvalue weighted by molar-refractivity contribution is 5.94. The molecule has 0 amide bonds. The fourth-order valence-electron chi connectivity index (χ4n) is 1.42. The predicted octanol–water partition coefficient (Wildman–Crippen LogP) is 2.31. The maximum Gasteiger partial charge on any atom is 0.303 e. The summed E-state index contributed by atoms with van der Waals surface area (Å²) in [6.07, 6.45) is -0.798. The van der Waals surface area contributed by atoms with Crippen LogP contribution in [0.25, 0.3) is 0 Å². The molecule has 4 heteroatoms. The second-order valence-corrected chi connectivity index (χ2v) is 3.80. The van der Waals surface area contributed by atoms with E-state index >= 15 is 0 Å². The lowest BCUT2D eigenvalue weighted by Gasteiger charge is -2.18. The molecule has 4 nitrogen and oxygen atoms in total. The molecular formula is C14H13NO3. The number of ketones is 1. The second-order valence-electron chi connectivity index (χ2n) is 3.80. The van der Waals surface area contributed by atoms with Gasteiger partial charge in [-0.05, 0) is 24.6 Å². The van der Waals surface area contributed by atoms with Crippen molar-refractivity contribution in [3.8, 4) is 6.07 Å². The Morgan fingerprint density at radius 2 is 1.83 bits per heavy atom. The van der Waals surface area contributed by atoms with Gasteiger partial charge in [0.05, 0.1) is 11.6 Å². The van der Waals surface area contributed by atoms with Crippen LogP contribution in [-0.4, -0.2) is 11.8 Å². The molecule has 0 saturated carbocycles. The van der Waals surface area contributed by atoms with E-state index in [9.17, 15) is 9.59 Å². The van der Waals surface area contributed by atoms with Crippen LogP contribution in [0.15, 0.2) is 36.4 Å². The number of rotatable bonds is 4. The van der Waals surface area contributed by atoms with Gasteiger partial charge in [0, 0.05) is 12.5 Å². The van der Waals surface area contributed by atoms with E-state index in [-0.39, 0.29) is 11.4 Å². The maximum atomic E-state index is 11.3. The Kier molecular flexibility index (Phi) is 4.39. The first-order chi connectivity index (χ1) is 8.45. The molecular weight excluding hydrogens is 230 g/mol. The number of benzene rings is 1. The quantitative estimate of drug-likeness (QED) is 0.601. The molecule has 92 valence electrons. The van der Waals surface area contributed by atoms with E-state index in [2.05, 4.69) is 6.58 Å². The summed E-state index contributed by atoms with van der Waals surface area (Å²) in [5, 5.41) is 8.70. The van der Waals surface area contributed by atoms with Crippen molar-refractivity contribution in [2.24, 2.45) is 0 Å². The normalized spacial score (nSPS) is 11.2. The third-order valence-electron chi connectivity index (χ3n) is 2.40. The summed E-state index contributed by atoms with van der Waals surface area (Å²) >= 11 is 0. The Labute approximate surface area is 105 Å². The fourth-order valence-corrected chi connectivity index (χ4v) is 1.42. The third kappa shape index (κ3) is 3.29. The molecule has 0 N–H and O–H groups in total. The molecule has 1 aromatic rings. The molecule has 1 aromatic carbocycles. The van der Waals surface area contributed by atoms with E-state index in [1.54, 1.807) is 24.3 Å². The van der Waals surface area contributed by atoms with E-state index in [0.717, 1.165) is 0 Å². The van der Waals surface area contributed by atoms with Gasteiger partial charge in [-0.15, -0.1) is 0 Å². The average molecular weight is 243 g/mol. The summed E-state index contributed by atoms with van der Waals surface area (Å²) in [5.74, 6) is -0.739. The van der Waals surface area contributed by atoms with Gasteiger partial charge in [-0.3, -0.25) is 9.59 Å². The molecule has 0 fully saturated rings. The van der Waals surface area contributed by atoms with Crippen molar-refractivity contribution in [2.75, 3.05) is 0 Å². The van der Waals surface area contributed by atoms with Gasteiger partial charge in [-0.25, -0.2) is 0 Å². The SMILES string of the molecule is C=C(C(C)=O)C(OC(C)=O)c1ccc(C#N)cc1. The fraction of sp³-hybridized carbons (Fsp3) is 0.214. The van der Waals surface area contributed by atoms with E-state index in [0.29, 0.717) is 11.1 Å². The molecule has 0 aliphatic heterocycles. The Morgan fingerprint density at radius 3 is 2.22 bits per heavy atom. The lowest BCUT2D eigenvalue weighted by Crippen LogP contribution is -2.14. The Morgan fingerprint density at radius 1 is 1.28 bits per heavy atom. The minimum Gasteiger partial charge on any atom is -0.453 e. The van der Waals surface area contributed by atoms with Crippen molar-refractivity contribution in [3.05, 3.63) is 47.5 Å². The topological polar surface area (TPSA) is 67.2 Å². The average Bonchev–Trinajstić information content (AvgIpc) is 2.35. The number of carbonyl (C=O) groups is 2. The lowest BCUT2D eigenvalue weighted by molar-refractivity contribution is -0.145. The highest BCUT2D eigenvalue weighted by Gasteiger charge is 2.21. The van der Waals surface area contributed by atoms with Crippen LogP contribution in [0.4, 0.5) is 0 Å². The molecule has 0 spiro atoms. The van der Waals surface area contributed by atoms with Crippen LogP contribution in [0.2, 0.25) is 0 Å². The molecule has 0 bridgehead atoms. The van der Waals surface area contributed by atoms with Gasteiger partial charge in [0.25, 0.3) is 0 Å². The number of carbonyl (C=O) groups excluding carboxylic acids is 2. The van der Waals surface area contributed by atoms with Crippen molar-refractivity contribution in [3.63, 3.8) is 0 Å². The third-order valence-corrected chi connectivity index (χ3v) is 2.40. The van der Waals surface area contributed by atoms with Crippen LogP contribution < -0.4 is 0 Å². The number of hydrogen-bond donors (Lipinski definition) is 0. The van der Waals surface area contributed by atoms with Gasteiger partial charge < -0.3 is 4.74 Å². The van der Waals surface area contributed by atoms with Crippen molar-refractivity contribution < 1.29 is 14.3 Å². The number of nitrogens with zero attached hydrogens (tertiary/aromatic N) is 1. The molecule has 0 aliphatic carbocycles.